The molecule has 3 rings (SSSR count). The van der Waals surface area contributed by atoms with Gasteiger partial charge in [-0.05, 0) is 44.4 Å². The highest BCUT2D eigenvalue weighted by Crippen LogP contribution is 2.43. The Labute approximate surface area is 108 Å². The zero-order valence-corrected chi connectivity index (χ0v) is 10.9. The van der Waals surface area contributed by atoms with E-state index >= 15 is 0 Å². The SMILES string of the molecule is O=C(O)C1CCC(C2CCOC3(CCCC3)C2)N1. The predicted molar refractivity (Wildman–Crippen MR) is 67.5 cm³/mol. The van der Waals surface area contributed by atoms with Crippen LogP contribution in [0.2, 0.25) is 0 Å². The molecule has 2 aliphatic heterocycles. The predicted octanol–water partition coefficient (Wildman–Crippen LogP) is 1.93. The highest BCUT2D eigenvalue weighted by Gasteiger charge is 2.43. The minimum atomic E-state index is -0.694. The van der Waals surface area contributed by atoms with Crippen LogP contribution >= 0.6 is 0 Å². The number of carbonyl (C=O) groups is 1. The number of rotatable bonds is 2. The van der Waals surface area contributed by atoms with Crippen LogP contribution in [0, 0.1) is 5.92 Å². The highest BCUT2D eigenvalue weighted by molar-refractivity contribution is 5.73. The number of hydrogen-bond donors (Lipinski definition) is 2. The fourth-order valence-electron chi connectivity index (χ4n) is 4.11. The van der Waals surface area contributed by atoms with Gasteiger partial charge in [-0.25, -0.2) is 0 Å². The van der Waals surface area contributed by atoms with Gasteiger partial charge < -0.3 is 15.2 Å². The van der Waals surface area contributed by atoms with Crippen LogP contribution < -0.4 is 5.32 Å². The van der Waals surface area contributed by atoms with E-state index in [9.17, 15) is 4.79 Å². The van der Waals surface area contributed by atoms with Gasteiger partial charge in [0.05, 0.1) is 5.60 Å². The van der Waals surface area contributed by atoms with E-state index in [1.54, 1.807) is 0 Å². The van der Waals surface area contributed by atoms with Crippen molar-refractivity contribution >= 4 is 5.97 Å². The fraction of sp³-hybridized carbons (Fsp3) is 0.929. The summed E-state index contributed by atoms with van der Waals surface area (Å²) in [5, 5.41) is 12.4. The summed E-state index contributed by atoms with van der Waals surface area (Å²) in [6, 6.07) is 0.0739. The van der Waals surface area contributed by atoms with Crippen LogP contribution in [-0.4, -0.2) is 35.4 Å². The molecule has 4 nitrogen and oxygen atoms in total. The van der Waals surface area contributed by atoms with Crippen LogP contribution in [0.4, 0.5) is 0 Å². The average molecular weight is 253 g/mol. The molecule has 0 aromatic rings. The first kappa shape index (κ1) is 12.4. The van der Waals surface area contributed by atoms with Crippen LogP contribution in [0.25, 0.3) is 0 Å². The van der Waals surface area contributed by atoms with Crippen molar-refractivity contribution in [1.82, 2.24) is 5.32 Å². The van der Waals surface area contributed by atoms with E-state index in [0.717, 1.165) is 32.3 Å². The summed E-state index contributed by atoms with van der Waals surface area (Å²) in [5.74, 6) is -0.0821. The normalized spacial score (nSPS) is 39.2. The number of carboxylic acids is 1. The lowest BCUT2D eigenvalue weighted by molar-refractivity contribution is -0.139. The van der Waals surface area contributed by atoms with Crippen molar-refractivity contribution in [3.8, 4) is 0 Å². The van der Waals surface area contributed by atoms with E-state index in [1.165, 1.54) is 25.7 Å². The van der Waals surface area contributed by atoms with Crippen LogP contribution in [-0.2, 0) is 9.53 Å². The molecule has 1 spiro atoms. The molecule has 1 aliphatic carbocycles. The summed E-state index contributed by atoms with van der Waals surface area (Å²) in [4.78, 5) is 11.0. The molecule has 3 unspecified atom stereocenters. The summed E-state index contributed by atoms with van der Waals surface area (Å²) >= 11 is 0. The molecule has 1 saturated carbocycles. The maximum Gasteiger partial charge on any atom is 0.320 e. The average Bonchev–Trinajstić information content (AvgIpc) is 2.98. The standard InChI is InChI=1S/C14H23NO3/c16-13(17)12-4-3-11(15-12)10-5-8-18-14(9-10)6-1-2-7-14/h10-12,15H,1-9H2,(H,16,17). The van der Waals surface area contributed by atoms with Gasteiger partial charge in [0.25, 0.3) is 0 Å². The Morgan fingerprint density at radius 2 is 2.00 bits per heavy atom. The smallest absolute Gasteiger partial charge is 0.320 e. The zero-order valence-electron chi connectivity index (χ0n) is 10.9. The van der Waals surface area contributed by atoms with Crippen molar-refractivity contribution in [2.75, 3.05) is 6.61 Å². The summed E-state index contributed by atoms with van der Waals surface area (Å²) < 4.78 is 6.05. The lowest BCUT2D eigenvalue weighted by Gasteiger charge is -2.40. The Bertz CT molecular complexity index is 325. The molecule has 0 bridgehead atoms. The molecule has 0 radical (unpaired) electrons. The van der Waals surface area contributed by atoms with Gasteiger partial charge in [0.15, 0.2) is 0 Å². The van der Waals surface area contributed by atoms with E-state index in [0.29, 0.717) is 12.0 Å². The first-order valence-corrected chi connectivity index (χ1v) is 7.31. The van der Waals surface area contributed by atoms with Crippen molar-refractivity contribution < 1.29 is 14.6 Å². The van der Waals surface area contributed by atoms with E-state index in [-0.39, 0.29) is 11.6 Å². The minimum absolute atomic E-state index is 0.145. The second-order valence-electron chi connectivity index (χ2n) is 6.23. The van der Waals surface area contributed by atoms with Gasteiger partial charge in [-0.1, -0.05) is 12.8 Å². The minimum Gasteiger partial charge on any atom is -0.480 e. The largest absolute Gasteiger partial charge is 0.480 e. The third kappa shape index (κ3) is 2.28. The Morgan fingerprint density at radius 1 is 1.22 bits per heavy atom. The second-order valence-corrected chi connectivity index (χ2v) is 6.23. The highest BCUT2D eigenvalue weighted by atomic mass is 16.5. The van der Waals surface area contributed by atoms with Gasteiger partial charge in [0.2, 0.25) is 0 Å². The number of carboxylic acid groups (broad SMARTS) is 1. The molecular formula is C14H23NO3. The molecular weight excluding hydrogens is 230 g/mol. The van der Waals surface area contributed by atoms with Crippen LogP contribution in [0.5, 0.6) is 0 Å². The van der Waals surface area contributed by atoms with Gasteiger partial charge >= 0.3 is 5.97 Å². The molecule has 3 aliphatic rings. The van der Waals surface area contributed by atoms with Crippen molar-refractivity contribution in [2.45, 2.75) is 69.1 Å². The summed E-state index contributed by atoms with van der Waals surface area (Å²) in [6.45, 7) is 0.862. The summed E-state index contributed by atoms with van der Waals surface area (Å²) in [6.07, 6.45) is 9.02. The van der Waals surface area contributed by atoms with Gasteiger partial charge in [-0.15, -0.1) is 0 Å². The quantitative estimate of drug-likeness (QED) is 0.789. The van der Waals surface area contributed by atoms with Gasteiger partial charge in [0.1, 0.15) is 6.04 Å². The molecule has 0 aromatic carbocycles. The van der Waals surface area contributed by atoms with Crippen LogP contribution in [0.15, 0.2) is 0 Å². The summed E-state index contributed by atoms with van der Waals surface area (Å²) in [5.41, 5.74) is 0.145. The van der Waals surface area contributed by atoms with Gasteiger partial charge in [-0.3, -0.25) is 4.79 Å². The molecule has 2 heterocycles. The van der Waals surface area contributed by atoms with E-state index in [1.807, 2.05) is 0 Å². The Morgan fingerprint density at radius 3 is 2.67 bits per heavy atom. The number of nitrogens with one attached hydrogen (secondary N) is 1. The van der Waals surface area contributed by atoms with Crippen molar-refractivity contribution in [2.24, 2.45) is 5.92 Å². The second kappa shape index (κ2) is 4.82. The molecule has 0 aromatic heterocycles. The van der Waals surface area contributed by atoms with Gasteiger partial charge in [-0.2, -0.15) is 0 Å². The van der Waals surface area contributed by atoms with Crippen molar-refractivity contribution in [3.63, 3.8) is 0 Å². The topological polar surface area (TPSA) is 58.6 Å². The maximum absolute atomic E-state index is 11.0. The molecule has 3 atom stereocenters. The first-order valence-electron chi connectivity index (χ1n) is 7.31. The molecule has 2 N–H and O–H groups in total. The number of ether oxygens (including phenoxy) is 1. The molecule has 18 heavy (non-hydrogen) atoms. The number of aliphatic carboxylic acids is 1. The zero-order chi connectivity index (χ0) is 12.6. The van der Waals surface area contributed by atoms with Gasteiger partial charge in [0, 0.05) is 12.6 Å². The Hall–Kier alpha value is -0.610. The van der Waals surface area contributed by atoms with Crippen molar-refractivity contribution in [1.29, 1.82) is 0 Å². The van der Waals surface area contributed by atoms with Crippen molar-refractivity contribution in [3.05, 3.63) is 0 Å². The van der Waals surface area contributed by atoms with E-state index < -0.39 is 5.97 Å². The van der Waals surface area contributed by atoms with Crippen LogP contribution in [0.3, 0.4) is 0 Å². The van der Waals surface area contributed by atoms with E-state index in [4.69, 9.17) is 9.84 Å². The lowest BCUT2D eigenvalue weighted by Crippen LogP contribution is -2.46. The van der Waals surface area contributed by atoms with Crippen LogP contribution in [0.1, 0.15) is 51.4 Å². The third-order valence-electron chi connectivity index (χ3n) is 5.09. The molecule has 102 valence electrons. The molecule has 0 amide bonds. The summed E-state index contributed by atoms with van der Waals surface area (Å²) in [7, 11) is 0. The number of hydrogen-bond acceptors (Lipinski definition) is 3. The maximum atomic E-state index is 11.0. The molecule has 4 heteroatoms. The first-order chi connectivity index (χ1) is 8.69. The Balaban J connectivity index is 1.61. The van der Waals surface area contributed by atoms with E-state index in [2.05, 4.69) is 5.32 Å². The molecule has 2 saturated heterocycles. The monoisotopic (exact) mass is 253 g/mol. The molecule has 3 fully saturated rings. The Kier molecular flexibility index (Phi) is 3.32. The fourth-order valence-corrected chi connectivity index (χ4v) is 4.11. The third-order valence-corrected chi connectivity index (χ3v) is 5.09. The lowest BCUT2D eigenvalue weighted by atomic mass is 9.80.